The third-order valence-corrected chi connectivity index (χ3v) is 6.43. The molecule has 0 spiro atoms. The molecule has 0 aliphatic heterocycles. The predicted octanol–water partition coefficient (Wildman–Crippen LogP) is 6.38. The molecule has 0 amide bonds. The van der Waals surface area contributed by atoms with Crippen molar-refractivity contribution in [2.75, 3.05) is 20.1 Å². The van der Waals surface area contributed by atoms with Crippen molar-refractivity contribution < 1.29 is 4.74 Å². The van der Waals surface area contributed by atoms with Gasteiger partial charge >= 0.3 is 0 Å². The van der Waals surface area contributed by atoms with E-state index < -0.39 is 0 Å². The molecule has 1 unspecified atom stereocenters. The Hall–Kier alpha value is -2.58. The second kappa shape index (κ2) is 9.95. The highest BCUT2D eigenvalue weighted by atomic mass is 16.5. The minimum Gasteiger partial charge on any atom is -0.489 e. The second-order valence-corrected chi connectivity index (χ2v) is 8.58. The van der Waals surface area contributed by atoms with E-state index in [0.717, 1.165) is 18.2 Å². The monoisotopic (exact) mass is 399 g/mol. The Morgan fingerprint density at radius 3 is 2.43 bits per heavy atom. The Labute approximate surface area is 181 Å². The molecule has 0 aromatic heterocycles. The first-order chi connectivity index (χ1) is 14.7. The first-order valence-corrected chi connectivity index (χ1v) is 11.3. The molecule has 2 heteroatoms. The van der Waals surface area contributed by atoms with Gasteiger partial charge in [0.2, 0.25) is 0 Å². The van der Waals surface area contributed by atoms with E-state index in [9.17, 15) is 0 Å². The van der Waals surface area contributed by atoms with Crippen molar-refractivity contribution in [3.05, 3.63) is 89.5 Å². The van der Waals surface area contributed by atoms with Crippen LogP contribution in [0.2, 0.25) is 0 Å². The van der Waals surface area contributed by atoms with Gasteiger partial charge in [-0.2, -0.15) is 0 Å². The topological polar surface area (TPSA) is 12.5 Å². The Morgan fingerprint density at radius 2 is 1.67 bits per heavy atom. The molecule has 3 aromatic carbocycles. The molecular weight excluding hydrogens is 366 g/mol. The summed E-state index contributed by atoms with van der Waals surface area (Å²) < 4.78 is 6.12. The lowest BCUT2D eigenvalue weighted by Crippen LogP contribution is -2.23. The van der Waals surface area contributed by atoms with Crippen molar-refractivity contribution in [2.45, 2.75) is 39.2 Å². The largest absolute Gasteiger partial charge is 0.489 e. The van der Waals surface area contributed by atoms with Crippen molar-refractivity contribution >= 4 is 0 Å². The number of ether oxygens (including phenoxy) is 1. The molecule has 1 aliphatic rings. The van der Waals surface area contributed by atoms with Crippen LogP contribution in [-0.2, 0) is 19.4 Å². The summed E-state index contributed by atoms with van der Waals surface area (Å²) in [5.41, 5.74) is 6.69. The molecule has 0 saturated heterocycles. The number of rotatable bonds is 8. The van der Waals surface area contributed by atoms with Gasteiger partial charge in [0.25, 0.3) is 0 Å². The molecule has 3 aromatic rings. The van der Waals surface area contributed by atoms with E-state index in [1.54, 1.807) is 0 Å². The molecule has 0 saturated carbocycles. The molecule has 0 bridgehead atoms. The van der Waals surface area contributed by atoms with Crippen LogP contribution < -0.4 is 4.74 Å². The van der Waals surface area contributed by atoms with Gasteiger partial charge in [0.1, 0.15) is 12.4 Å². The fourth-order valence-corrected chi connectivity index (χ4v) is 4.29. The van der Waals surface area contributed by atoms with Crippen LogP contribution in [0, 0.1) is 5.92 Å². The summed E-state index contributed by atoms with van der Waals surface area (Å²) in [6.45, 7) is 5.19. The van der Waals surface area contributed by atoms with E-state index in [4.69, 9.17) is 4.74 Å². The standard InChI is InChI=1S/C28H33NO/c1-3-29(2)18-17-22-9-14-27-20-28(16-15-26(27)19-22)30-21-23-10-12-25(13-11-23)24-7-5-4-6-8-24/h4-8,10-13,15-16,20,22H,3,9,14,17-19,21H2,1-2H3. The number of fused-ring (bicyclic) bond motifs is 1. The van der Waals surface area contributed by atoms with Crippen LogP contribution in [0.15, 0.2) is 72.8 Å². The fourth-order valence-electron chi connectivity index (χ4n) is 4.29. The summed E-state index contributed by atoms with van der Waals surface area (Å²) in [4.78, 5) is 2.42. The molecule has 30 heavy (non-hydrogen) atoms. The number of aryl methyl sites for hydroxylation is 1. The Kier molecular flexibility index (Phi) is 6.86. The summed E-state index contributed by atoms with van der Waals surface area (Å²) in [5.74, 6) is 1.81. The van der Waals surface area contributed by atoms with Gasteiger partial charge in [0.15, 0.2) is 0 Å². The normalized spacial score (nSPS) is 15.8. The molecule has 156 valence electrons. The minimum absolute atomic E-state index is 0.611. The fraction of sp³-hybridized carbons (Fsp3) is 0.357. The van der Waals surface area contributed by atoms with E-state index in [1.807, 2.05) is 0 Å². The second-order valence-electron chi connectivity index (χ2n) is 8.58. The maximum absolute atomic E-state index is 6.12. The van der Waals surface area contributed by atoms with Gasteiger partial charge < -0.3 is 9.64 Å². The van der Waals surface area contributed by atoms with E-state index in [-0.39, 0.29) is 0 Å². The van der Waals surface area contributed by atoms with Gasteiger partial charge in [-0.05, 0) is 91.7 Å². The highest BCUT2D eigenvalue weighted by molar-refractivity contribution is 5.63. The van der Waals surface area contributed by atoms with E-state index in [1.165, 1.54) is 60.0 Å². The van der Waals surface area contributed by atoms with Crippen molar-refractivity contribution in [2.24, 2.45) is 5.92 Å². The third kappa shape index (κ3) is 5.31. The molecule has 0 fully saturated rings. The quantitative estimate of drug-likeness (QED) is 0.436. The summed E-state index contributed by atoms with van der Waals surface area (Å²) in [7, 11) is 2.22. The Morgan fingerprint density at radius 1 is 0.900 bits per heavy atom. The highest BCUT2D eigenvalue weighted by Gasteiger charge is 2.19. The lowest BCUT2D eigenvalue weighted by Gasteiger charge is -2.26. The molecule has 0 heterocycles. The van der Waals surface area contributed by atoms with E-state index >= 15 is 0 Å². The number of hydrogen-bond donors (Lipinski definition) is 0. The first-order valence-electron chi connectivity index (χ1n) is 11.3. The highest BCUT2D eigenvalue weighted by Crippen LogP contribution is 2.30. The lowest BCUT2D eigenvalue weighted by atomic mass is 9.82. The van der Waals surface area contributed by atoms with Crippen LogP contribution in [0.5, 0.6) is 5.75 Å². The van der Waals surface area contributed by atoms with Crippen LogP contribution >= 0.6 is 0 Å². The van der Waals surface area contributed by atoms with Crippen LogP contribution in [0.25, 0.3) is 11.1 Å². The molecule has 2 nitrogen and oxygen atoms in total. The average molecular weight is 400 g/mol. The summed E-state index contributed by atoms with van der Waals surface area (Å²) in [6, 6.07) is 25.9. The van der Waals surface area contributed by atoms with Crippen LogP contribution in [-0.4, -0.2) is 25.0 Å². The first kappa shape index (κ1) is 20.7. The number of benzene rings is 3. The van der Waals surface area contributed by atoms with Gasteiger partial charge in [0.05, 0.1) is 0 Å². The van der Waals surface area contributed by atoms with Gasteiger partial charge in [-0.1, -0.05) is 67.6 Å². The van der Waals surface area contributed by atoms with Gasteiger partial charge in [-0.15, -0.1) is 0 Å². The van der Waals surface area contributed by atoms with Crippen LogP contribution in [0.3, 0.4) is 0 Å². The molecule has 0 radical (unpaired) electrons. The molecular formula is C28H33NO. The van der Waals surface area contributed by atoms with E-state index in [0.29, 0.717) is 6.61 Å². The zero-order valence-corrected chi connectivity index (χ0v) is 18.3. The van der Waals surface area contributed by atoms with Crippen LogP contribution in [0.4, 0.5) is 0 Å². The molecule has 1 atom stereocenters. The summed E-state index contributed by atoms with van der Waals surface area (Å²) in [6.07, 6.45) is 5.00. The average Bonchev–Trinajstić information content (AvgIpc) is 2.82. The lowest BCUT2D eigenvalue weighted by molar-refractivity contribution is 0.297. The zero-order valence-electron chi connectivity index (χ0n) is 18.3. The van der Waals surface area contributed by atoms with Gasteiger partial charge in [0, 0.05) is 0 Å². The van der Waals surface area contributed by atoms with Gasteiger partial charge in [-0.3, -0.25) is 0 Å². The van der Waals surface area contributed by atoms with Crippen molar-refractivity contribution in [1.29, 1.82) is 0 Å². The molecule has 1 aliphatic carbocycles. The Balaban J connectivity index is 1.32. The van der Waals surface area contributed by atoms with Crippen LogP contribution in [0.1, 0.15) is 36.5 Å². The SMILES string of the molecule is CCN(C)CCC1CCc2cc(OCc3ccc(-c4ccccc4)cc3)ccc2C1. The number of nitrogens with zero attached hydrogens (tertiary/aromatic N) is 1. The van der Waals surface area contributed by atoms with E-state index in [2.05, 4.69) is 91.7 Å². The van der Waals surface area contributed by atoms with Crippen molar-refractivity contribution in [3.63, 3.8) is 0 Å². The Bertz CT molecular complexity index is 933. The predicted molar refractivity (Wildman–Crippen MR) is 126 cm³/mol. The third-order valence-electron chi connectivity index (χ3n) is 6.43. The minimum atomic E-state index is 0.611. The maximum Gasteiger partial charge on any atom is 0.120 e. The molecule has 0 N–H and O–H groups in total. The summed E-state index contributed by atoms with van der Waals surface area (Å²) >= 11 is 0. The zero-order chi connectivity index (χ0) is 20.8. The smallest absolute Gasteiger partial charge is 0.120 e. The van der Waals surface area contributed by atoms with Gasteiger partial charge in [-0.25, -0.2) is 0 Å². The molecule has 4 rings (SSSR count). The maximum atomic E-state index is 6.12. The number of hydrogen-bond acceptors (Lipinski definition) is 2. The van der Waals surface area contributed by atoms with Crippen molar-refractivity contribution in [3.8, 4) is 16.9 Å². The van der Waals surface area contributed by atoms with Crippen molar-refractivity contribution in [1.82, 2.24) is 4.90 Å². The summed E-state index contributed by atoms with van der Waals surface area (Å²) in [5, 5.41) is 0.